The number of rotatable bonds is 5. The third-order valence-corrected chi connectivity index (χ3v) is 2.11. The first-order valence-electron chi connectivity index (χ1n) is 5.07. The maximum atomic E-state index is 10.4. The van der Waals surface area contributed by atoms with Gasteiger partial charge in [0.2, 0.25) is 0 Å². The largest absolute Gasteiger partial charge is 1.00 e. The molecule has 1 aromatic rings. The minimum absolute atomic E-state index is 0. The minimum atomic E-state index is -0.425. The Balaban J connectivity index is 0. The van der Waals surface area contributed by atoms with E-state index in [2.05, 4.69) is 0 Å². The van der Waals surface area contributed by atoms with Crippen LogP contribution in [0, 0.1) is 15.5 Å². The van der Waals surface area contributed by atoms with Crippen LogP contribution in [0.1, 0.15) is 20.3 Å². The monoisotopic (exact) mass is 258 g/mol. The number of hydrogen-bond acceptors (Lipinski definition) is 4. The van der Waals surface area contributed by atoms with Gasteiger partial charge >= 0.3 is 1.43 Å². The third kappa shape index (κ3) is 5.31. The molecule has 94 valence electrons. The molecule has 17 heavy (non-hydrogen) atoms. The second-order valence-corrected chi connectivity index (χ2v) is 3.28. The molecule has 0 saturated carbocycles. The van der Waals surface area contributed by atoms with E-state index in [4.69, 9.17) is 10.1 Å². The summed E-state index contributed by atoms with van der Waals surface area (Å²) in [5.74, 6) is 0.251. The van der Waals surface area contributed by atoms with Crippen LogP contribution in [-0.4, -0.2) is 17.4 Å². The van der Waals surface area contributed by atoms with Crippen molar-refractivity contribution in [2.75, 3.05) is 6.61 Å². The van der Waals surface area contributed by atoms with Gasteiger partial charge in [-0.05, 0) is 18.9 Å². The molecule has 0 aromatic heterocycles. The number of nitro groups is 1. The molecule has 0 aliphatic heterocycles. The fourth-order valence-electron chi connectivity index (χ4n) is 1.29. The van der Waals surface area contributed by atoms with E-state index in [0.717, 1.165) is 5.56 Å². The van der Waals surface area contributed by atoms with Crippen molar-refractivity contribution in [1.82, 2.24) is 0 Å². The highest BCUT2D eigenvalue weighted by Gasteiger charge is 2.04. The summed E-state index contributed by atoms with van der Waals surface area (Å²) in [4.78, 5) is 9.99. The van der Waals surface area contributed by atoms with Gasteiger partial charge in [0.1, 0.15) is 0 Å². The van der Waals surface area contributed by atoms with Crippen molar-refractivity contribution in [1.29, 1.82) is 5.41 Å². The van der Waals surface area contributed by atoms with Crippen LogP contribution in [0.25, 0.3) is 0 Å². The molecule has 0 spiro atoms. The number of nitrogens with one attached hydrogen (secondary N) is 1. The number of nitro benzene ring substituents is 1. The molecule has 0 aliphatic rings. The van der Waals surface area contributed by atoms with Gasteiger partial charge in [0.15, 0.2) is 5.90 Å². The van der Waals surface area contributed by atoms with Gasteiger partial charge in [0.25, 0.3) is 5.69 Å². The molecule has 1 rings (SSSR count). The fraction of sp³-hybridized carbons (Fsp3) is 0.364. The summed E-state index contributed by atoms with van der Waals surface area (Å²) < 4.78 is 5.00. The Labute approximate surface area is 107 Å². The lowest BCUT2D eigenvalue weighted by Gasteiger charge is -2.04. The van der Waals surface area contributed by atoms with Crippen molar-refractivity contribution in [2.24, 2.45) is 0 Å². The van der Waals surface area contributed by atoms with Crippen LogP contribution < -0.4 is 12.4 Å². The van der Waals surface area contributed by atoms with Gasteiger partial charge < -0.3 is 17.1 Å². The highest BCUT2D eigenvalue weighted by molar-refractivity contribution is 5.72. The highest BCUT2D eigenvalue weighted by Crippen LogP contribution is 2.13. The average molecular weight is 259 g/mol. The van der Waals surface area contributed by atoms with E-state index in [1.165, 1.54) is 12.1 Å². The molecule has 1 N–H and O–H groups in total. The van der Waals surface area contributed by atoms with Gasteiger partial charge in [-0.25, -0.2) is 0 Å². The molecule has 0 heterocycles. The highest BCUT2D eigenvalue weighted by atomic mass is 35.5. The Hall–Kier alpha value is -1.62. The van der Waals surface area contributed by atoms with E-state index in [9.17, 15) is 10.1 Å². The van der Waals surface area contributed by atoms with Crippen LogP contribution >= 0.6 is 0 Å². The summed E-state index contributed by atoms with van der Waals surface area (Å²) >= 11 is 0. The maximum Gasteiger partial charge on any atom is 1.00 e. The summed E-state index contributed by atoms with van der Waals surface area (Å²) in [7, 11) is 0. The minimum Gasteiger partial charge on any atom is -1.00 e. The van der Waals surface area contributed by atoms with Crippen molar-refractivity contribution in [3.8, 4) is 0 Å². The van der Waals surface area contributed by atoms with Gasteiger partial charge in [0, 0.05) is 18.6 Å². The predicted molar refractivity (Wildman–Crippen MR) is 61.9 cm³/mol. The van der Waals surface area contributed by atoms with E-state index in [1.807, 2.05) is 6.92 Å². The van der Waals surface area contributed by atoms with E-state index < -0.39 is 4.92 Å². The van der Waals surface area contributed by atoms with Crippen LogP contribution in [0.15, 0.2) is 24.3 Å². The molecule has 0 fully saturated rings. The Morgan fingerprint density at radius 2 is 2.06 bits per heavy atom. The summed E-state index contributed by atoms with van der Waals surface area (Å²) in [6, 6.07) is 6.36. The summed E-state index contributed by atoms with van der Waals surface area (Å²) in [5.41, 5.74) is 1.05. The van der Waals surface area contributed by atoms with Gasteiger partial charge in [-0.1, -0.05) is 12.1 Å². The Morgan fingerprint density at radius 3 is 2.53 bits per heavy atom. The standard InChI is InChI=1S/C11H14N2O3.ClH/c1-2-16-11(12)8-5-9-3-6-10(7-4-9)13(14)15;/h3-4,6-7,12H,2,5,8H2,1H3;1H. The molecule has 0 bridgehead atoms. The third-order valence-electron chi connectivity index (χ3n) is 2.11. The Morgan fingerprint density at radius 1 is 1.47 bits per heavy atom. The van der Waals surface area contributed by atoms with E-state index >= 15 is 0 Å². The predicted octanol–water partition coefficient (Wildman–Crippen LogP) is -0.342. The zero-order valence-corrected chi connectivity index (χ0v) is 10.2. The molecule has 5 nitrogen and oxygen atoms in total. The van der Waals surface area contributed by atoms with E-state index in [-0.39, 0.29) is 25.4 Å². The first-order valence-corrected chi connectivity index (χ1v) is 5.07. The molecule has 0 aliphatic carbocycles. The van der Waals surface area contributed by atoms with E-state index in [0.29, 0.717) is 19.4 Å². The fourth-order valence-corrected chi connectivity index (χ4v) is 1.29. The molecule has 0 amide bonds. The normalized spacial score (nSPS) is 9.24. The molecular formula is C11H15ClN2O3. The van der Waals surface area contributed by atoms with Crippen LogP contribution in [0.2, 0.25) is 0 Å². The topological polar surface area (TPSA) is 76.2 Å². The lowest BCUT2D eigenvalue weighted by molar-refractivity contribution is -0.384. The summed E-state index contributed by atoms with van der Waals surface area (Å²) in [5, 5.41) is 17.8. The van der Waals surface area contributed by atoms with Gasteiger partial charge in [-0.2, -0.15) is 0 Å². The molecular weight excluding hydrogens is 244 g/mol. The summed E-state index contributed by atoms with van der Waals surface area (Å²) in [6.45, 7) is 2.33. The quantitative estimate of drug-likeness (QED) is 0.340. The number of benzene rings is 1. The lowest BCUT2D eigenvalue weighted by atomic mass is 10.1. The average Bonchev–Trinajstić information content (AvgIpc) is 2.27. The van der Waals surface area contributed by atoms with Crippen molar-refractivity contribution < 1.29 is 23.5 Å². The molecule has 0 atom stereocenters. The zero-order chi connectivity index (χ0) is 12.0. The van der Waals surface area contributed by atoms with Gasteiger partial charge in [-0.3, -0.25) is 15.5 Å². The van der Waals surface area contributed by atoms with Crippen LogP contribution in [0.5, 0.6) is 0 Å². The molecule has 1 aromatic carbocycles. The first-order chi connectivity index (χ1) is 7.63. The second kappa shape index (κ2) is 7.62. The number of ether oxygens (including phenoxy) is 1. The maximum absolute atomic E-state index is 10.4. The van der Waals surface area contributed by atoms with Gasteiger partial charge in [-0.15, -0.1) is 0 Å². The number of nitrogens with zero attached hydrogens (tertiary/aromatic N) is 1. The lowest BCUT2D eigenvalue weighted by Crippen LogP contribution is -3.00. The van der Waals surface area contributed by atoms with Crippen molar-refractivity contribution >= 4 is 11.6 Å². The molecule has 0 saturated heterocycles. The Bertz CT molecular complexity index is 384. The van der Waals surface area contributed by atoms with Crippen molar-refractivity contribution in [3.63, 3.8) is 0 Å². The number of non-ortho nitro benzene ring substituents is 1. The van der Waals surface area contributed by atoms with Crippen molar-refractivity contribution in [3.05, 3.63) is 39.9 Å². The van der Waals surface area contributed by atoms with Crippen LogP contribution in [0.4, 0.5) is 5.69 Å². The summed E-state index contributed by atoms with van der Waals surface area (Å²) in [6.07, 6.45) is 1.18. The molecule has 0 unspecified atom stereocenters. The molecule has 0 radical (unpaired) electrons. The van der Waals surface area contributed by atoms with Crippen LogP contribution in [-0.2, 0) is 11.2 Å². The van der Waals surface area contributed by atoms with Crippen molar-refractivity contribution in [2.45, 2.75) is 19.8 Å². The van der Waals surface area contributed by atoms with Crippen LogP contribution in [0.3, 0.4) is 0 Å². The molecule has 6 heteroatoms. The smallest absolute Gasteiger partial charge is 1.00 e. The zero-order valence-electron chi connectivity index (χ0n) is 10.5. The number of hydrogen-bond donors (Lipinski definition) is 1. The SMILES string of the molecule is CCOC(=N)CCc1ccc([N+](=O)[O-])cc1.[Cl-].[H+]. The second-order valence-electron chi connectivity index (χ2n) is 3.28. The van der Waals surface area contributed by atoms with E-state index in [1.54, 1.807) is 12.1 Å². The Kier molecular flexibility index (Phi) is 6.89. The number of halogens is 1. The number of aryl methyl sites for hydroxylation is 1. The van der Waals surface area contributed by atoms with Gasteiger partial charge in [0.05, 0.1) is 11.5 Å². The first kappa shape index (κ1) is 15.4.